The zero-order chi connectivity index (χ0) is 11.8. The van der Waals surface area contributed by atoms with Crippen molar-refractivity contribution in [2.45, 2.75) is 6.92 Å². The average molecular weight is 223 g/mol. The maximum atomic E-state index is 13.2. The van der Waals surface area contributed by atoms with Crippen LogP contribution in [0.15, 0.2) is 24.3 Å². The normalized spacial score (nSPS) is 11.2. The first-order valence-corrected chi connectivity index (χ1v) is 5.36. The summed E-state index contributed by atoms with van der Waals surface area (Å²) in [6, 6.07) is 5.23. The molecule has 0 fully saturated rings. The van der Waals surface area contributed by atoms with Gasteiger partial charge in [0.25, 0.3) is 0 Å². The van der Waals surface area contributed by atoms with Gasteiger partial charge in [0.2, 0.25) is 0 Å². The molecule has 1 aromatic rings. The summed E-state index contributed by atoms with van der Waals surface area (Å²) in [6.07, 6.45) is 3.88. The van der Waals surface area contributed by atoms with E-state index in [2.05, 4.69) is 5.32 Å². The first kappa shape index (κ1) is 12.9. The topological polar surface area (TPSA) is 21.3 Å². The van der Waals surface area contributed by atoms with Gasteiger partial charge in [0.05, 0.1) is 6.61 Å². The highest BCUT2D eigenvalue weighted by atomic mass is 19.1. The van der Waals surface area contributed by atoms with Crippen molar-refractivity contribution in [1.82, 2.24) is 5.32 Å². The Bertz CT molecular complexity index is 350. The zero-order valence-electron chi connectivity index (χ0n) is 9.79. The second kappa shape index (κ2) is 7.14. The van der Waals surface area contributed by atoms with E-state index in [-0.39, 0.29) is 5.82 Å². The molecule has 0 unspecified atom stereocenters. The van der Waals surface area contributed by atoms with Crippen molar-refractivity contribution in [1.29, 1.82) is 0 Å². The summed E-state index contributed by atoms with van der Waals surface area (Å²) in [4.78, 5) is 0. The Kier molecular flexibility index (Phi) is 5.75. The summed E-state index contributed by atoms with van der Waals surface area (Å²) in [6.45, 7) is 4.05. The maximum absolute atomic E-state index is 13.2. The van der Waals surface area contributed by atoms with Crippen molar-refractivity contribution in [2.75, 3.05) is 26.8 Å². The number of ether oxygens (including phenoxy) is 1. The van der Waals surface area contributed by atoms with Crippen LogP contribution in [-0.4, -0.2) is 26.8 Å². The summed E-state index contributed by atoms with van der Waals surface area (Å²) in [5, 5.41) is 3.18. The molecule has 88 valence electrons. The van der Waals surface area contributed by atoms with E-state index in [9.17, 15) is 4.39 Å². The van der Waals surface area contributed by atoms with Gasteiger partial charge in [-0.1, -0.05) is 24.3 Å². The predicted octanol–water partition coefficient (Wildman–Crippen LogP) is 2.38. The molecular weight excluding hydrogens is 205 g/mol. The van der Waals surface area contributed by atoms with E-state index in [0.29, 0.717) is 12.2 Å². The third-order valence-corrected chi connectivity index (χ3v) is 2.25. The van der Waals surface area contributed by atoms with Crippen LogP contribution in [0.5, 0.6) is 0 Å². The van der Waals surface area contributed by atoms with E-state index in [4.69, 9.17) is 4.74 Å². The van der Waals surface area contributed by atoms with Crippen LogP contribution in [0.3, 0.4) is 0 Å². The molecule has 0 bridgehead atoms. The Morgan fingerprint density at radius 3 is 2.94 bits per heavy atom. The van der Waals surface area contributed by atoms with E-state index in [1.165, 1.54) is 0 Å². The van der Waals surface area contributed by atoms with Crippen LogP contribution in [0, 0.1) is 12.7 Å². The monoisotopic (exact) mass is 223 g/mol. The van der Waals surface area contributed by atoms with Crippen molar-refractivity contribution < 1.29 is 9.13 Å². The van der Waals surface area contributed by atoms with Gasteiger partial charge in [0.15, 0.2) is 0 Å². The summed E-state index contributed by atoms with van der Waals surface area (Å²) < 4.78 is 18.1. The molecule has 0 saturated heterocycles. The van der Waals surface area contributed by atoms with Crippen LogP contribution >= 0.6 is 0 Å². The van der Waals surface area contributed by atoms with Crippen molar-refractivity contribution in [2.24, 2.45) is 0 Å². The standard InChI is InChI=1S/C13H18FNO/c1-11-5-6-12(10-13(11)14)4-3-7-15-8-9-16-2/h3-6,10,15H,7-9H2,1-2H3. The summed E-state index contributed by atoms with van der Waals surface area (Å²) >= 11 is 0. The Labute approximate surface area is 96.1 Å². The van der Waals surface area contributed by atoms with E-state index in [0.717, 1.165) is 18.7 Å². The number of methoxy groups -OCH3 is 1. The smallest absolute Gasteiger partial charge is 0.126 e. The van der Waals surface area contributed by atoms with E-state index in [1.54, 1.807) is 26.2 Å². The highest BCUT2D eigenvalue weighted by molar-refractivity contribution is 5.50. The van der Waals surface area contributed by atoms with Crippen molar-refractivity contribution >= 4 is 6.08 Å². The van der Waals surface area contributed by atoms with Crippen LogP contribution in [-0.2, 0) is 4.74 Å². The number of rotatable bonds is 6. The second-order valence-electron chi connectivity index (χ2n) is 3.61. The third-order valence-electron chi connectivity index (χ3n) is 2.25. The maximum Gasteiger partial charge on any atom is 0.126 e. The lowest BCUT2D eigenvalue weighted by molar-refractivity contribution is 0.200. The lowest BCUT2D eigenvalue weighted by Gasteiger charge is -2.00. The minimum Gasteiger partial charge on any atom is -0.383 e. The third kappa shape index (κ3) is 4.55. The Morgan fingerprint density at radius 1 is 1.44 bits per heavy atom. The second-order valence-corrected chi connectivity index (χ2v) is 3.61. The average Bonchev–Trinajstić information content (AvgIpc) is 2.28. The van der Waals surface area contributed by atoms with Gasteiger partial charge < -0.3 is 10.1 Å². The van der Waals surface area contributed by atoms with Gasteiger partial charge in [-0.25, -0.2) is 4.39 Å². The molecule has 0 aliphatic heterocycles. The van der Waals surface area contributed by atoms with Crippen LogP contribution in [0.4, 0.5) is 4.39 Å². The fourth-order valence-electron chi connectivity index (χ4n) is 1.27. The quantitative estimate of drug-likeness (QED) is 0.748. The number of hydrogen-bond acceptors (Lipinski definition) is 2. The molecule has 0 aliphatic rings. The van der Waals surface area contributed by atoms with Gasteiger partial charge in [-0.05, 0) is 24.1 Å². The van der Waals surface area contributed by atoms with Crippen molar-refractivity contribution in [3.05, 3.63) is 41.2 Å². The van der Waals surface area contributed by atoms with Gasteiger partial charge in [-0.2, -0.15) is 0 Å². The molecule has 0 amide bonds. The summed E-state index contributed by atoms with van der Waals surface area (Å²) in [5.41, 5.74) is 1.56. The van der Waals surface area contributed by atoms with E-state index >= 15 is 0 Å². The van der Waals surface area contributed by atoms with Crippen LogP contribution in [0.1, 0.15) is 11.1 Å². The molecule has 2 nitrogen and oxygen atoms in total. The first-order valence-electron chi connectivity index (χ1n) is 5.36. The molecule has 3 heteroatoms. The number of hydrogen-bond donors (Lipinski definition) is 1. The van der Waals surface area contributed by atoms with Crippen LogP contribution in [0.25, 0.3) is 6.08 Å². The molecule has 0 aromatic heterocycles. The predicted molar refractivity (Wildman–Crippen MR) is 64.9 cm³/mol. The molecule has 0 spiro atoms. The fourth-order valence-corrected chi connectivity index (χ4v) is 1.27. The molecule has 1 aromatic carbocycles. The highest BCUT2D eigenvalue weighted by Gasteiger charge is 1.95. The van der Waals surface area contributed by atoms with Crippen LogP contribution in [0.2, 0.25) is 0 Å². The Hall–Kier alpha value is -1.19. The lowest BCUT2D eigenvalue weighted by atomic mass is 10.1. The van der Waals surface area contributed by atoms with E-state index < -0.39 is 0 Å². The van der Waals surface area contributed by atoms with E-state index in [1.807, 2.05) is 18.2 Å². The fraction of sp³-hybridized carbons (Fsp3) is 0.385. The van der Waals surface area contributed by atoms with Gasteiger partial charge in [0, 0.05) is 20.2 Å². The Balaban J connectivity index is 2.35. The highest BCUT2D eigenvalue weighted by Crippen LogP contribution is 2.10. The molecule has 0 heterocycles. The SMILES string of the molecule is COCCNCC=Cc1ccc(C)c(F)c1. The Morgan fingerprint density at radius 2 is 2.25 bits per heavy atom. The van der Waals surface area contributed by atoms with Crippen LogP contribution < -0.4 is 5.32 Å². The summed E-state index contributed by atoms with van der Waals surface area (Å²) in [7, 11) is 1.67. The molecule has 0 saturated carbocycles. The van der Waals surface area contributed by atoms with Crippen molar-refractivity contribution in [3.63, 3.8) is 0 Å². The lowest BCUT2D eigenvalue weighted by Crippen LogP contribution is -2.18. The number of nitrogens with one attached hydrogen (secondary N) is 1. The first-order chi connectivity index (χ1) is 7.74. The molecule has 0 radical (unpaired) electrons. The molecule has 0 aliphatic carbocycles. The number of halogens is 1. The van der Waals surface area contributed by atoms with Crippen molar-refractivity contribution in [3.8, 4) is 0 Å². The molecule has 0 atom stereocenters. The number of aryl methyl sites for hydroxylation is 1. The largest absolute Gasteiger partial charge is 0.383 e. The minimum absolute atomic E-state index is 0.158. The molecule has 1 N–H and O–H groups in total. The summed E-state index contributed by atoms with van der Waals surface area (Å²) in [5.74, 6) is -0.158. The molecule has 1 rings (SSSR count). The van der Waals surface area contributed by atoms with Gasteiger partial charge in [-0.15, -0.1) is 0 Å². The van der Waals surface area contributed by atoms with Gasteiger partial charge in [0.1, 0.15) is 5.82 Å². The zero-order valence-corrected chi connectivity index (χ0v) is 9.79. The van der Waals surface area contributed by atoms with Gasteiger partial charge in [-0.3, -0.25) is 0 Å². The van der Waals surface area contributed by atoms with Gasteiger partial charge >= 0.3 is 0 Å². The number of benzene rings is 1. The molecule has 16 heavy (non-hydrogen) atoms. The minimum atomic E-state index is -0.158. The molecular formula is C13H18FNO.